The number of halogens is 3. The van der Waals surface area contributed by atoms with Gasteiger partial charge in [0.1, 0.15) is 5.75 Å². The standard InChI is InChI=1S/C14H7F3N2O7/c15-14(16,17)8-5-10(18(22)23)12(11(6-8)19(24)25)26-9-3-1-7(2-4-9)13(20)21/h1-6H,(H,20,21). The number of ether oxygens (including phenoxy) is 1. The molecule has 0 aliphatic rings. The van der Waals surface area contributed by atoms with Crippen LogP contribution >= 0.6 is 0 Å². The Kier molecular flexibility index (Phi) is 4.77. The second-order valence-corrected chi connectivity index (χ2v) is 4.79. The molecule has 2 aromatic rings. The molecule has 9 nitrogen and oxygen atoms in total. The zero-order valence-electron chi connectivity index (χ0n) is 12.4. The van der Waals surface area contributed by atoms with Gasteiger partial charge >= 0.3 is 23.5 Å². The third kappa shape index (κ3) is 3.85. The van der Waals surface area contributed by atoms with Gasteiger partial charge in [0.2, 0.25) is 0 Å². The molecule has 0 aliphatic carbocycles. The summed E-state index contributed by atoms with van der Waals surface area (Å²) in [5.41, 5.74) is -4.25. The van der Waals surface area contributed by atoms with E-state index >= 15 is 0 Å². The maximum Gasteiger partial charge on any atom is 0.416 e. The summed E-state index contributed by atoms with van der Waals surface area (Å²) in [4.78, 5) is 30.4. The van der Waals surface area contributed by atoms with Crippen LogP contribution < -0.4 is 4.74 Å². The van der Waals surface area contributed by atoms with Crippen molar-refractivity contribution >= 4 is 17.3 Å². The van der Waals surface area contributed by atoms with Crippen molar-refractivity contribution in [1.82, 2.24) is 0 Å². The first-order chi connectivity index (χ1) is 12.0. The van der Waals surface area contributed by atoms with Gasteiger partial charge in [-0.25, -0.2) is 4.79 Å². The lowest BCUT2D eigenvalue weighted by Gasteiger charge is -2.11. The number of carbonyl (C=O) groups is 1. The van der Waals surface area contributed by atoms with Crippen LogP contribution in [-0.4, -0.2) is 20.9 Å². The van der Waals surface area contributed by atoms with Gasteiger partial charge < -0.3 is 9.84 Å². The highest BCUT2D eigenvalue weighted by molar-refractivity contribution is 5.87. The van der Waals surface area contributed by atoms with Crippen LogP contribution in [0.1, 0.15) is 15.9 Å². The molecular weight excluding hydrogens is 365 g/mol. The number of carboxylic acid groups (broad SMARTS) is 1. The Bertz CT molecular complexity index is 859. The number of hydrogen-bond acceptors (Lipinski definition) is 6. The van der Waals surface area contributed by atoms with Gasteiger partial charge in [0, 0.05) is 12.1 Å². The minimum Gasteiger partial charge on any atom is -0.478 e. The van der Waals surface area contributed by atoms with Crippen molar-refractivity contribution in [3.8, 4) is 11.5 Å². The minimum atomic E-state index is -5.04. The monoisotopic (exact) mass is 372 g/mol. The van der Waals surface area contributed by atoms with Crippen LogP contribution in [0.5, 0.6) is 11.5 Å². The summed E-state index contributed by atoms with van der Waals surface area (Å²) < 4.78 is 43.5. The van der Waals surface area contributed by atoms with E-state index in [2.05, 4.69) is 0 Å². The highest BCUT2D eigenvalue weighted by Gasteiger charge is 2.38. The summed E-state index contributed by atoms with van der Waals surface area (Å²) in [5.74, 6) is -2.51. The van der Waals surface area contributed by atoms with Crippen molar-refractivity contribution in [2.45, 2.75) is 6.18 Å². The van der Waals surface area contributed by atoms with E-state index in [1.165, 1.54) is 0 Å². The zero-order valence-corrected chi connectivity index (χ0v) is 12.4. The van der Waals surface area contributed by atoms with Gasteiger partial charge in [0.15, 0.2) is 0 Å². The Balaban J connectivity index is 2.60. The molecule has 1 N–H and O–H groups in total. The third-order valence-corrected chi connectivity index (χ3v) is 3.09. The van der Waals surface area contributed by atoms with Crippen LogP contribution in [0.25, 0.3) is 0 Å². The summed E-state index contributed by atoms with van der Waals surface area (Å²) in [6.07, 6.45) is -5.04. The zero-order chi connectivity index (χ0) is 19.6. The van der Waals surface area contributed by atoms with Gasteiger partial charge in [-0.05, 0) is 24.3 Å². The fourth-order valence-corrected chi connectivity index (χ4v) is 1.92. The first kappa shape index (κ1) is 18.6. The molecule has 0 amide bonds. The van der Waals surface area contributed by atoms with E-state index in [9.17, 15) is 38.2 Å². The average molecular weight is 372 g/mol. The van der Waals surface area contributed by atoms with Gasteiger partial charge in [0.25, 0.3) is 5.75 Å². The maximum absolute atomic E-state index is 12.8. The van der Waals surface area contributed by atoms with Crippen LogP contribution in [0.15, 0.2) is 36.4 Å². The first-order valence-electron chi connectivity index (χ1n) is 6.56. The molecule has 2 rings (SSSR count). The summed E-state index contributed by atoms with van der Waals surface area (Å²) in [7, 11) is 0. The molecule has 0 aromatic heterocycles. The van der Waals surface area contributed by atoms with E-state index < -0.39 is 44.7 Å². The fraction of sp³-hybridized carbons (Fsp3) is 0.0714. The molecular formula is C14H7F3N2O7. The quantitative estimate of drug-likeness (QED) is 0.619. The molecule has 0 atom stereocenters. The second kappa shape index (κ2) is 6.66. The SMILES string of the molecule is O=C(O)c1ccc(Oc2c([N+](=O)[O-])cc(C(F)(F)F)cc2[N+](=O)[O-])cc1. The molecule has 2 aromatic carbocycles. The van der Waals surface area contributed by atoms with Gasteiger partial charge in [0.05, 0.1) is 21.0 Å². The van der Waals surface area contributed by atoms with Crippen molar-refractivity contribution in [2.75, 3.05) is 0 Å². The number of alkyl halides is 3. The summed E-state index contributed by atoms with van der Waals surface area (Å²) >= 11 is 0. The Morgan fingerprint density at radius 2 is 1.46 bits per heavy atom. The second-order valence-electron chi connectivity index (χ2n) is 4.79. The number of nitro benzene ring substituents is 2. The van der Waals surface area contributed by atoms with Gasteiger partial charge in [-0.2, -0.15) is 13.2 Å². The van der Waals surface area contributed by atoms with Crippen molar-refractivity contribution in [3.63, 3.8) is 0 Å². The van der Waals surface area contributed by atoms with E-state index in [1.807, 2.05) is 0 Å². The van der Waals surface area contributed by atoms with Crippen molar-refractivity contribution < 1.29 is 37.7 Å². The van der Waals surface area contributed by atoms with Crippen LogP contribution in [0.2, 0.25) is 0 Å². The molecule has 136 valence electrons. The van der Waals surface area contributed by atoms with Crippen LogP contribution in [0.4, 0.5) is 24.5 Å². The largest absolute Gasteiger partial charge is 0.478 e. The number of rotatable bonds is 5. The molecule has 0 spiro atoms. The van der Waals surface area contributed by atoms with Crippen LogP contribution in [0, 0.1) is 20.2 Å². The topological polar surface area (TPSA) is 133 Å². The lowest BCUT2D eigenvalue weighted by atomic mass is 10.1. The van der Waals surface area contributed by atoms with E-state index in [1.54, 1.807) is 0 Å². The molecule has 0 fully saturated rings. The molecule has 12 heteroatoms. The molecule has 0 heterocycles. The van der Waals surface area contributed by atoms with Crippen LogP contribution in [-0.2, 0) is 6.18 Å². The number of aromatic carboxylic acids is 1. The minimum absolute atomic E-state index is 0.119. The highest BCUT2D eigenvalue weighted by atomic mass is 19.4. The molecule has 0 aliphatic heterocycles. The summed E-state index contributed by atoms with van der Waals surface area (Å²) in [5, 5.41) is 30.9. The average Bonchev–Trinajstić information content (AvgIpc) is 2.53. The molecule has 0 unspecified atom stereocenters. The van der Waals surface area contributed by atoms with E-state index in [-0.39, 0.29) is 23.4 Å². The third-order valence-electron chi connectivity index (χ3n) is 3.09. The van der Waals surface area contributed by atoms with E-state index in [0.717, 1.165) is 24.3 Å². The van der Waals surface area contributed by atoms with E-state index in [4.69, 9.17) is 9.84 Å². The Hall–Kier alpha value is -3.70. The lowest BCUT2D eigenvalue weighted by molar-refractivity contribution is -0.396. The van der Waals surface area contributed by atoms with Gasteiger partial charge in [-0.3, -0.25) is 20.2 Å². The van der Waals surface area contributed by atoms with Crippen LogP contribution in [0.3, 0.4) is 0 Å². The molecule has 0 radical (unpaired) electrons. The lowest BCUT2D eigenvalue weighted by Crippen LogP contribution is -2.08. The Morgan fingerprint density at radius 1 is 1.00 bits per heavy atom. The van der Waals surface area contributed by atoms with E-state index in [0.29, 0.717) is 0 Å². The predicted octanol–water partition coefficient (Wildman–Crippen LogP) is 4.01. The Morgan fingerprint density at radius 3 is 1.81 bits per heavy atom. The number of nitro groups is 2. The molecule has 0 bridgehead atoms. The predicted molar refractivity (Wildman–Crippen MR) is 78.2 cm³/mol. The molecule has 0 saturated heterocycles. The molecule has 0 saturated carbocycles. The fourth-order valence-electron chi connectivity index (χ4n) is 1.92. The number of nitrogens with zero attached hydrogens (tertiary/aromatic N) is 2. The van der Waals surface area contributed by atoms with Gasteiger partial charge in [-0.15, -0.1) is 0 Å². The normalized spacial score (nSPS) is 11.0. The first-order valence-corrected chi connectivity index (χ1v) is 6.56. The van der Waals surface area contributed by atoms with Crippen molar-refractivity contribution in [1.29, 1.82) is 0 Å². The van der Waals surface area contributed by atoms with Gasteiger partial charge in [-0.1, -0.05) is 0 Å². The highest BCUT2D eigenvalue weighted by Crippen LogP contribution is 2.44. The maximum atomic E-state index is 12.8. The number of carboxylic acids is 1. The van der Waals surface area contributed by atoms with Crippen molar-refractivity contribution in [2.24, 2.45) is 0 Å². The smallest absolute Gasteiger partial charge is 0.416 e. The number of benzene rings is 2. The summed E-state index contributed by atoms with van der Waals surface area (Å²) in [6.45, 7) is 0. The molecule has 26 heavy (non-hydrogen) atoms. The number of hydrogen-bond donors (Lipinski definition) is 1. The Labute approximate surface area is 141 Å². The summed E-state index contributed by atoms with van der Waals surface area (Å²) in [6, 6.07) is 4.45. The van der Waals surface area contributed by atoms with Crippen molar-refractivity contribution in [3.05, 3.63) is 67.8 Å².